The van der Waals surface area contributed by atoms with Crippen LogP contribution in [0.2, 0.25) is 0 Å². The number of nitrogens with one attached hydrogen (secondary N) is 2. The molecule has 200 valence electrons. The van der Waals surface area contributed by atoms with Crippen LogP contribution in [0.1, 0.15) is 16.7 Å². The molecule has 4 rings (SSSR count). The van der Waals surface area contributed by atoms with Crippen molar-refractivity contribution in [3.05, 3.63) is 87.5 Å². The molecule has 0 saturated heterocycles. The number of nitrogens with zero attached hydrogens (tertiary/aromatic N) is 1. The van der Waals surface area contributed by atoms with E-state index >= 15 is 8.78 Å². The molecule has 0 bridgehead atoms. The molecule has 13 heteroatoms. The van der Waals surface area contributed by atoms with Gasteiger partial charge < -0.3 is 9.47 Å². The van der Waals surface area contributed by atoms with Gasteiger partial charge in [0.2, 0.25) is 0 Å². The van der Waals surface area contributed by atoms with Crippen LogP contribution in [0.15, 0.2) is 59.4 Å². The van der Waals surface area contributed by atoms with Crippen LogP contribution in [0, 0.1) is 5.82 Å². The number of aromatic nitrogens is 2. The second kappa shape index (κ2) is 10.4. The lowest BCUT2D eigenvalue weighted by Gasteiger charge is -2.20. The van der Waals surface area contributed by atoms with Gasteiger partial charge in [-0.05, 0) is 35.4 Å². The van der Waals surface area contributed by atoms with Crippen LogP contribution < -0.4 is 24.9 Å². The summed E-state index contributed by atoms with van der Waals surface area (Å²) in [6, 6.07) is 11.9. The normalized spacial score (nSPS) is 12.1. The second-order valence-electron chi connectivity index (χ2n) is 8.36. The van der Waals surface area contributed by atoms with Crippen LogP contribution in [-0.2, 0) is 29.1 Å². The Morgan fingerprint density at radius 3 is 2.29 bits per heavy atom. The van der Waals surface area contributed by atoms with Gasteiger partial charge in [0, 0.05) is 23.9 Å². The van der Waals surface area contributed by atoms with Crippen molar-refractivity contribution in [1.82, 2.24) is 14.9 Å². The van der Waals surface area contributed by atoms with Crippen LogP contribution in [0.4, 0.5) is 13.2 Å². The zero-order chi connectivity index (χ0) is 27.7. The third-order valence-corrected chi connectivity index (χ3v) is 6.46. The topological polar surface area (TPSA) is 136 Å². The minimum atomic E-state index is -4.13. The van der Waals surface area contributed by atoms with Gasteiger partial charge in [0.25, 0.3) is 21.7 Å². The first-order valence-corrected chi connectivity index (χ1v) is 12.6. The van der Waals surface area contributed by atoms with Crippen LogP contribution in [0.25, 0.3) is 22.0 Å². The highest BCUT2D eigenvalue weighted by atomic mass is 32.2. The highest BCUT2D eigenvalue weighted by molar-refractivity contribution is 7.87. The molecule has 3 aromatic carbocycles. The molecular formula is C25H23F3N4O5S. The third-order valence-electron chi connectivity index (χ3n) is 5.92. The van der Waals surface area contributed by atoms with Crippen molar-refractivity contribution in [2.24, 2.45) is 5.14 Å². The van der Waals surface area contributed by atoms with Crippen molar-refractivity contribution in [3.63, 3.8) is 0 Å². The average Bonchev–Trinajstić information content (AvgIpc) is 2.87. The fraction of sp³-hybridized carbons (Fsp3) is 0.200. The highest BCUT2D eigenvalue weighted by Crippen LogP contribution is 2.38. The number of methoxy groups -OCH3 is 2. The minimum Gasteiger partial charge on any atom is -0.493 e. The number of nitrogens with two attached hydrogens (primary N) is 1. The van der Waals surface area contributed by atoms with Crippen LogP contribution in [-0.4, -0.2) is 32.8 Å². The first-order valence-electron chi connectivity index (χ1n) is 11.1. The van der Waals surface area contributed by atoms with Gasteiger partial charge in [-0.2, -0.15) is 18.2 Å². The summed E-state index contributed by atoms with van der Waals surface area (Å²) < 4.78 is 80.4. The number of rotatable bonds is 9. The number of fused-ring (bicyclic) bond motifs is 1. The van der Waals surface area contributed by atoms with Gasteiger partial charge in [-0.3, -0.25) is 4.79 Å². The lowest BCUT2D eigenvalue weighted by Crippen LogP contribution is -2.31. The van der Waals surface area contributed by atoms with Gasteiger partial charge in [0.1, 0.15) is 5.82 Å². The number of alkyl halides is 2. The van der Waals surface area contributed by atoms with E-state index in [9.17, 15) is 17.6 Å². The molecule has 4 aromatic rings. The average molecular weight is 549 g/mol. The van der Waals surface area contributed by atoms with E-state index in [-0.39, 0.29) is 28.8 Å². The lowest BCUT2D eigenvalue weighted by molar-refractivity contribution is -0.00748. The molecule has 0 aliphatic rings. The van der Waals surface area contributed by atoms with Gasteiger partial charge in [0.05, 0.1) is 30.9 Å². The van der Waals surface area contributed by atoms with E-state index in [1.165, 1.54) is 56.7 Å². The fourth-order valence-corrected chi connectivity index (χ4v) is 4.45. The Kier molecular flexibility index (Phi) is 7.44. The van der Waals surface area contributed by atoms with Gasteiger partial charge in [-0.1, -0.05) is 30.3 Å². The Morgan fingerprint density at radius 2 is 1.66 bits per heavy atom. The Balaban J connectivity index is 1.88. The van der Waals surface area contributed by atoms with Gasteiger partial charge in [-0.25, -0.2) is 23.4 Å². The summed E-state index contributed by atoms with van der Waals surface area (Å²) in [4.78, 5) is 12.5. The molecule has 9 nitrogen and oxygen atoms in total. The quantitative estimate of drug-likeness (QED) is 0.293. The number of hydrogen-bond donors (Lipinski definition) is 3. The maximum atomic E-state index is 15.3. The van der Waals surface area contributed by atoms with Crippen LogP contribution in [0.3, 0.4) is 0 Å². The van der Waals surface area contributed by atoms with E-state index in [4.69, 9.17) is 14.6 Å². The lowest BCUT2D eigenvalue weighted by atomic mass is 9.93. The summed E-state index contributed by atoms with van der Waals surface area (Å²) in [5, 5.41) is 12.1. The van der Waals surface area contributed by atoms with E-state index in [1.54, 1.807) is 0 Å². The molecular weight excluding hydrogens is 525 g/mol. The van der Waals surface area contributed by atoms with Crippen LogP contribution >= 0.6 is 0 Å². The Bertz CT molecular complexity index is 1680. The smallest absolute Gasteiger partial charge is 0.280 e. The van der Waals surface area contributed by atoms with Gasteiger partial charge in [-0.15, -0.1) is 0 Å². The number of ether oxygens (including phenoxy) is 2. The SMILES string of the molecule is COc1cc2c(-c3ccc(CNS(N)(=O)=O)c(CC(F)(F)c4ccccc4F)c3)n[nH]c(=O)c2cc1OC. The van der Waals surface area contributed by atoms with Crippen molar-refractivity contribution in [2.45, 2.75) is 18.9 Å². The van der Waals surface area contributed by atoms with E-state index in [0.717, 1.165) is 12.1 Å². The molecule has 38 heavy (non-hydrogen) atoms. The Labute approximate surface area is 215 Å². The largest absolute Gasteiger partial charge is 0.493 e. The van der Waals surface area contributed by atoms with E-state index in [1.807, 2.05) is 0 Å². The standard InChI is InChI=1S/C25H23F3N4O5S/c1-36-21-10-17-18(11-22(21)37-2)24(33)32-31-23(17)14-7-8-15(13-30-38(29,34)35)16(9-14)12-25(27,28)19-5-3-4-6-20(19)26/h3-11,30H,12-13H2,1-2H3,(H,32,33)(H2,29,34,35). The number of H-pyrrole nitrogens is 1. The molecule has 0 aliphatic carbocycles. The second-order valence-corrected chi connectivity index (χ2v) is 9.74. The van der Waals surface area contributed by atoms with Crippen molar-refractivity contribution in [1.29, 1.82) is 0 Å². The van der Waals surface area contributed by atoms with Crippen molar-refractivity contribution < 1.29 is 31.1 Å². The maximum absolute atomic E-state index is 15.3. The summed E-state index contributed by atoms with van der Waals surface area (Å²) in [6.07, 6.45) is -0.957. The predicted molar refractivity (Wildman–Crippen MR) is 135 cm³/mol. The van der Waals surface area contributed by atoms with Crippen molar-refractivity contribution in [2.75, 3.05) is 14.2 Å². The first kappa shape index (κ1) is 27.1. The maximum Gasteiger partial charge on any atom is 0.280 e. The fourth-order valence-electron chi connectivity index (χ4n) is 4.09. The van der Waals surface area contributed by atoms with Crippen LogP contribution in [0.5, 0.6) is 11.5 Å². The Hall–Kier alpha value is -3.94. The van der Waals surface area contributed by atoms with Gasteiger partial charge in [0.15, 0.2) is 11.5 Å². The van der Waals surface area contributed by atoms with Gasteiger partial charge >= 0.3 is 0 Å². The van der Waals surface area contributed by atoms with E-state index < -0.39 is 39.5 Å². The molecule has 0 unspecified atom stereocenters. The molecule has 0 fully saturated rings. The number of aromatic amines is 1. The molecule has 0 saturated carbocycles. The van der Waals surface area contributed by atoms with E-state index in [0.29, 0.717) is 22.4 Å². The molecule has 0 aliphatic heterocycles. The van der Waals surface area contributed by atoms with Crippen molar-refractivity contribution >= 4 is 21.0 Å². The first-order chi connectivity index (χ1) is 17.9. The molecule has 0 atom stereocenters. The zero-order valence-electron chi connectivity index (χ0n) is 20.2. The molecule has 0 amide bonds. The monoisotopic (exact) mass is 548 g/mol. The number of benzene rings is 3. The zero-order valence-corrected chi connectivity index (χ0v) is 21.0. The van der Waals surface area contributed by atoms with Crippen molar-refractivity contribution in [3.8, 4) is 22.8 Å². The summed E-state index contributed by atoms with van der Waals surface area (Å²) >= 11 is 0. The summed E-state index contributed by atoms with van der Waals surface area (Å²) in [7, 11) is -1.30. The summed E-state index contributed by atoms with van der Waals surface area (Å²) in [5.41, 5.74) is -0.551. The minimum absolute atomic E-state index is 0.00790. The predicted octanol–water partition coefficient (Wildman–Crippen LogP) is 3.37. The van der Waals surface area contributed by atoms with E-state index in [2.05, 4.69) is 14.9 Å². The molecule has 1 heterocycles. The Morgan fingerprint density at radius 1 is 1.00 bits per heavy atom. The number of hydrogen-bond acceptors (Lipinski definition) is 6. The highest BCUT2D eigenvalue weighted by Gasteiger charge is 2.35. The molecule has 1 aromatic heterocycles. The molecule has 0 spiro atoms. The summed E-state index contributed by atoms with van der Waals surface area (Å²) in [5.74, 6) is -4.10. The summed E-state index contributed by atoms with van der Waals surface area (Å²) in [6.45, 7) is -0.382. The number of halogens is 3. The third kappa shape index (κ3) is 5.64. The molecule has 4 N–H and O–H groups in total. The molecule has 0 radical (unpaired) electrons.